The molecule has 3 rings (SSSR count). The van der Waals surface area contributed by atoms with Crippen molar-refractivity contribution in [2.45, 2.75) is 34.2 Å². The van der Waals surface area contributed by atoms with Crippen molar-refractivity contribution in [2.24, 2.45) is 4.99 Å². The van der Waals surface area contributed by atoms with Crippen molar-refractivity contribution in [3.8, 4) is 0 Å². The minimum absolute atomic E-state index is 0.219. The lowest BCUT2D eigenvalue weighted by atomic mass is 10.1. The number of thiazole rings is 1. The summed E-state index contributed by atoms with van der Waals surface area (Å²) in [5, 5.41) is 0. The smallest absolute Gasteiger partial charge is 0.279 e. The molecule has 3 aromatic rings. The molecule has 29 heavy (non-hydrogen) atoms. The van der Waals surface area contributed by atoms with Gasteiger partial charge in [-0.25, -0.2) is 0 Å². The zero-order chi connectivity index (χ0) is 21.0. The number of nitrogens with zero attached hydrogens (tertiary/aromatic N) is 3. The van der Waals surface area contributed by atoms with E-state index in [1.54, 1.807) is 18.4 Å². The van der Waals surface area contributed by atoms with Crippen LogP contribution < -0.4 is 9.70 Å². The van der Waals surface area contributed by atoms with Crippen LogP contribution in [0.3, 0.4) is 0 Å². The van der Waals surface area contributed by atoms with Gasteiger partial charge >= 0.3 is 0 Å². The number of benzene rings is 2. The summed E-state index contributed by atoms with van der Waals surface area (Å²) in [6.07, 6.45) is 0. The van der Waals surface area contributed by atoms with Gasteiger partial charge in [0, 0.05) is 38.0 Å². The van der Waals surface area contributed by atoms with Crippen LogP contribution in [0, 0.1) is 13.8 Å². The summed E-state index contributed by atoms with van der Waals surface area (Å²) >= 11 is 1.55. The molecule has 1 aromatic heterocycles. The monoisotopic (exact) mass is 411 g/mol. The van der Waals surface area contributed by atoms with Crippen molar-refractivity contribution in [1.82, 2.24) is 4.57 Å². The Hall–Kier alpha value is -2.44. The molecule has 1 heterocycles. The predicted molar refractivity (Wildman–Crippen MR) is 121 cm³/mol. The molecule has 0 bridgehead atoms. The van der Waals surface area contributed by atoms with E-state index in [0.717, 1.165) is 29.0 Å². The highest BCUT2D eigenvalue weighted by Crippen LogP contribution is 2.23. The molecular formula is C23H29N3O2S. The Morgan fingerprint density at radius 3 is 2.45 bits per heavy atom. The molecule has 0 fully saturated rings. The third-order valence-corrected chi connectivity index (χ3v) is 6.10. The normalized spacial score (nSPS) is 12.0. The van der Waals surface area contributed by atoms with E-state index in [-0.39, 0.29) is 5.91 Å². The van der Waals surface area contributed by atoms with E-state index in [2.05, 4.69) is 54.3 Å². The molecule has 0 spiro atoms. The first-order chi connectivity index (χ1) is 14.0. The van der Waals surface area contributed by atoms with E-state index in [9.17, 15) is 4.79 Å². The predicted octanol–water partition coefficient (Wildman–Crippen LogP) is 4.55. The Morgan fingerprint density at radius 1 is 1.14 bits per heavy atom. The number of amides is 1. The van der Waals surface area contributed by atoms with E-state index in [1.165, 1.54) is 11.1 Å². The van der Waals surface area contributed by atoms with Crippen LogP contribution in [-0.2, 0) is 11.3 Å². The third kappa shape index (κ3) is 4.60. The minimum atomic E-state index is -0.219. The Labute approximate surface area is 176 Å². The summed E-state index contributed by atoms with van der Waals surface area (Å²) < 4.78 is 8.52. The minimum Gasteiger partial charge on any atom is -0.383 e. The summed E-state index contributed by atoms with van der Waals surface area (Å²) in [5.41, 5.74) is 5.24. The lowest BCUT2D eigenvalue weighted by Crippen LogP contribution is -2.21. The number of anilines is 1. The molecule has 0 atom stereocenters. The van der Waals surface area contributed by atoms with Crippen LogP contribution in [0.4, 0.5) is 5.69 Å². The second kappa shape index (κ2) is 9.37. The molecule has 5 nitrogen and oxygen atoms in total. The topological polar surface area (TPSA) is 46.8 Å². The second-order valence-electron chi connectivity index (χ2n) is 7.09. The number of aromatic nitrogens is 1. The molecule has 2 aromatic carbocycles. The highest BCUT2D eigenvalue weighted by molar-refractivity contribution is 7.16. The SMILES string of the molecule is CCN(CC)c1ccc(C(=O)N=c2sc3cc(C)cc(C)c3n2CCOC)cc1. The lowest BCUT2D eigenvalue weighted by molar-refractivity contribution is 0.0997. The fourth-order valence-electron chi connectivity index (χ4n) is 3.62. The number of fused-ring (bicyclic) bond motifs is 1. The molecule has 154 valence electrons. The first-order valence-electron chi connectivity index (χ1n) is 10.0. The summed E-state index contributed by atoms with van der Waals surface area (Å²) in [6, 6.07) is 12.0. The Kier molecular flexibility index (Phi) is 6.87. The van der Waals surface area contributed by atoms with E-state index < -0.39 is 0 Å². The van der Waals surface area contributed by atoms with Crippen LogP contribution in [0.1, 0.15) is 35.3 Å². The molecule has 0 saturated carbocycles. The molecule has 0 aliphatic carbocycles. The van der Waals surface area contributed by atoms with Gasteiger partial charge in [-0.1, -0.05) is 17.4 Å². The number of carbonyl (C=O) groups excluding carboxylic acids is 1. The summed E-state index contributed by atoms with van der Waals surface area (Å²) in [7, 11) is 1.69. The molecule has 0 aliphatic heterocycles. The first-order valence-corrected chi connectivity index (χ1v) is 10.8. The van der Waals surface area contributed by atoms with Crippen LogP contribution in [-0.4, -0.2) is 37.3 Å². The maximum atomic E-state index is 12.9. The summed E-state index contributed by atoms with van der Waals surface area (Å²) in [4.78, 5) is 20.3. The summed E-state index contributed by atoms with van der Waals surface area (Å²) in [6.45, 7) is 11.5. The van der Waals surface area contributed by atoms with Crippen molar-refractivity contribution in [2.75, 3.05) is 31.7 Å². The number of carbonyl (C=O) groups is 1. The van der Waals surface area contributed by atoms with Crippen molar-refractivity contribution in [3.63, 3.8) is 0 Å². The largest absolute Gasteiger partial charge is 0.383 e. The van der Waals surface area contributed by atoms with Crippen LogP contribution in [0.15, 0.2) is 41.4 Å². The number of methoxy groups -OCH3 is 1. The number of aryl methyl sites for hydroxylation is 2. The van der Waals surface area contributed by atoms with Crippen LogP contribution in [0.25, 0.3) is 10.2 Å². The van der Waals surface area contributed by atoms with Gasteiger partial charge in [0.1, 0.15) is 0 Å². The Morgan fingerprint density at radius 2 is 1.83 bits per heavy atom. The fourth-order valence-corrected chi connectivity index (χ4v) is 4.85. The highest BCUT2D eigenvalue weighted by atomic mass is 32.1. The first kappa shape index (κ1) is 21.3. The van der Waals surface area contributed by atoms with Gasteiger partial charge in [0.05, 0.1) is 16.8 Å². The van der Waals surface area contributed by atoms with Gasteiger partial charge in [0.15, 0.2) is 4.80 Å². The van der Waals surface area contributed by atoms with Gasteiger partial charge in [-0.05, 0) is 69.2 Å². The standard InChI is InChI=1S/C23H29N3O2S/c1-6-25(7-2)19-10-8-18(9-11-19)22(27)24-23-26(12-13-28-5)21-17(4)14-16(3)15-20(21)29-23/h8-11,14-15H,6-7,12-13H2,1-5H3. The van der Waals surface area contributed by atoms with Crippen LogP contribution in [0.2, 0.25) is 0 Å². The Balaban J connectivity index is 2.02. The molecule has 0 saturated heterocycles. The zero-order valence-electron chi connectivity index (χ0n) is 17.9. The highest BCUT2D eigenvalue weighted by Gasteiger charge is 2.12. The molecule has 0 unspecified atom stereocenters. The molecule has 0 N–H and O–H groups in total. The van der Waals surface area contributed by atoms with Crippen LogP contribution in [0.5, 0.6) is 0 Å². The van der Waals surface area contributed by atoms with Gasteiger partial charge in [-0.15, -0.1) is 0 Å². The second-order valence-corrected chi connectivity index (χ2v) is 8.10. The van der Waals surface area contributed by atoms with Gasteiger partial charge in [0.2, 0.25) is 0 Å². The lowest BCUT2D eigenvalue weighted by Gasteiger charge is -2.20. The van der Waals surface area contributed by atoms with Gasteiger partial charge in [0.25, 0.3) is 5.91 Å². The average Bonchev–Trinajstić information content (AvgIpc) is 3.04. The van der Waals surface area contributed by atoms with E-state index in [0.29, 0.717) is 23.5 Å². The van der Waals surface area contributed by atoms with Crippen molar-refractivity contribution < 1.29 is 9.53 Å². The maximum absolute atomic E-state index is 12.9. The third-order valence-electron chi connectivity index (χ3n) is 5.07. The maximum Gasteiger partial charge on any atom is 0.279 e. The molecule has 1 amide bonds. The number of ether oxygens (including phenoxy) is 1. The molecule has 0 radical (unpaired) electrons. The quantitative estimate of drug-likeness (QED) is 0.573. The van der Waals surface area contributed by atoms with E-state index in [1.807, 2.05) is 24.3 Å². The van der Waals surface area contributed by atoms with E-state index >= 15 is 0 Å². The summed E-state index contributed by atoms with van der Waals surface area (Å²) in [5.74, 6) is -0.219. The van der Waals surface area contributed by atoms with Crippen LogP contribution >= 0.6 is 11.3 Å². The van der Waals surface area contributed by atoms with Crippen molar-refractivity contribution in [3.05, 3.63) is 57.9 Å². The van der Waals surface area contributed by atoms with Gasteiger partial charge < -0.3 is 14.2 Å². The van der Waals surface area contributed by atoms with Gasteiger partial charge in [-0.3, -0.25) is 4.79 Å². The molecule has 0 aliphatic rings. The fraction of sp³-hybridized carbons (Fsp3) is 0.391. The molecule has 6 heteroatoms. The van der Waals surface area contributed by atoms with Crippen molar-refractivity contribution in [1.29, 1.82) is 0 Å². The van der Waals surface area contributed by atoms with E-state index in [4.69, 9.17) is 4.74 Å². The Bertz CT molecular complexity index is 1060. The van der Waals surface area contributed by atoms with Crippen molar-refractivity contribution >= 4 is 33.1 Å². The number of rotatable bonds is 7. The molecular weight excluding hydrogens is 382 g/mol. The van der Waals surface area contributed by atoms with Gasteiger partial charge in [-0.2, -0.15) is 4.99 Å². The number of hydrogen-bond donors (Lipinski definition) is 0. The zero-order valence-corrected chi connectivity index (χ0v) is 18.7. The average molecular weight is 412 g/mol. The number of hydrogen-bond acceptors (Lipinski definition) is 4.